The van der Waals surface area contributed by atoms with E-state index >= 15 is 0 Å². The Bertz CT molecular complexity index is 1030. The molecule has 0 aliphatic carbocycles. The predicted octanol–water partition coefficient (Wildman–Crippen LogP) is 9.11. The monoisotopic (exact) mass is 885 g/mol. The summed E-state index contributed by atoms with van der Waals surface area (Å²) in [6.45, 7) is 14.6. The van der Waals surface area contributed by atoms with Gasteiger partial charge in [0.05, 0.1) is 119 Å². The van der Waals surface area contributed by atoms with Crippen LogP contribution in [0.3, 0.4) is 0 Å². The molecular weight excluding hydrogens is 793 g/mol. The van der Waals surface area contributed by atoms with E-state index in [4.69, 9.17) is 53.1 Å². The zero-order valence-corrected chi connectivity index (χ0v) is 39.6. The molecule has 0 aliphatic rings. The maximum Gasteiger partial charge on any atom is 0.251 e. The van der Waals surface area contributed by atoms with Crippen LogP contribution in [0.4, 0.5) is 0 Å². The van der Waals surface area contributed by atoms with Gasteiger partial charge in [0.25, 0.3) is 5.91 Å². The normalized spacial score (nSPS) is 11.4. The summed E-state index contributed by atoms with van der Waals surface area (Å²) in [4.78, 5) is 13.2. The topological polar surface area (TPSA) is 147 Å². The third-order valence-electron chi connectivity index (χ3n) is 10.1. The molecule has 0 aliphatic heterocycles. The Labute approximate surface area is 377 Å². The van der Waals surface area contributed by atoms with Crippen LogP contribution in [0.15, 0.2) is 18.2 Å². The number of hydrogen-bond acceptors (Lipinski definition) is 12. The van der Waals surface area contributed by atoms with E-state index in [2.05, 4.69) is 19.2 Å². The van der Waals surface area contributed by atoms with Gasteiger partial charge >= 0.3 is 0 Å². The third kappa shape index (κ3) is 40.7. The molecule has 0 unspecified atom stereocenters. The predicted molar refractivity (Wildman–Crippen MR) is 249 cm³/mol. The lowest BCUT2D eigenvalue weighted by Gasteiger charge is -2.13. The lowest BCUT2D eigenvalue weighted by Crippen LogP contribution is -2.27. The van der Waals surface area contributed by atoms with Crippen molar-refractivity contribution in [1.29, 1.82) is 0 Å². The lowest BCUT2D eigenvalue weighted by atomic mass is 10.1. The highest BCUT2D eigenvalue weighted by Gasteiger charge is 2.11. The van der Waals surface area contributed by atoms with Gasteiger partial charge in [-0.15, -0.1) is 0 Å². The summed E-state index contributed by atoms with van der Waals surface area (Å²) in [7, 11) is 0. The number of nitrogens with two attached hydrogens (primary N) is 1. The number of amides is 1. The van der Waals surface area contributed by atoms with Crippen LogP contribution < -0.4 is 20.5 Å². The van der Waals surface area contributed by atoms with Gasteiger partial charge in [0.2, 0.25) is 0 Å². The largest absolute Gasteiger partial charge is 0.493 e. The second-order valence-electron chi connectivity index (χ2n) is 15.7. The van der Waals surface area contributed by atoms with Crippen molar-refractivity contribution in [2.24, 2.45) is 5.73 Å². The summed E-state index contributed by atoms with van der Waals surface area (Å²) < 4.78 is 56.2. The number of ether oxygens (including phenoxy) is 10. The molecule has 0 fully saturated rings. The molecule has 1 aromatic carbocycles. The summed E-state index contributed by atoms with van der Waals surface area (Å²) in [6, 6.07) is 5.56. The fraction of sp³-hybridized carbons (Fsp3) is 0.857. The van der Waals surface area contributed by atoms with Gasteiger partial charge in [-0.25, -0.2) is 0 Å². The number of rotatable bonds is 51. The average Bonchev–Trinajstić information content (AvgIpc) is 3.28. The van der Waals surface area contributed by atoms with E-state index in [0.717, 1.165) is 25.7 Å². The molecule has 62 heavy (non-hydrogen) atoms. The standard InChI is InChI=1S/C49H92N2O11/c1-3-5-7-9-11-13-15-17-19-21-25-61-47-43-46(44-48(45-47)62-26-22-20-18-16-14-12-10-8-6-4-2)49(52)51-24-28-54-30-32-56-34-36-58-38-40-60-42-41-59-39-37-57-35-33-55-31-29-53-27-23-50/h43-45H,3-42,50H2,1-2H3,(H,51,52). The average molecular weight is 885 g/mol. The highest BCUT2D eigenvalue weighted by atomic mass is 16.6. The van der Waals surface area contributed by atoms with Crippen molar-refractivity contribution < 1.29 is 52.2 Å². The van der Waals surface area contributed by atoms with Crippen LogP contribution in [0.25, 0.3) is 0 Å². The first-order valence-electron chi connectivity index (χ1n) is 24.7. The molecule has 0 radical (unpaired) electrons. The second kappa shape index (κ2) is 48.4. The molecule has 0 aromatic heterocycles. The van der Waals surface area contributed by atoms with Crippen LogP contribution in [-0.4, -0.2) is 138 Å². The summed E-state index contributed by atoms with van der Waals surface area (Å²) in [5.74, 6) is 1.19. The van der Waals surface area contributed by atoms with Crippen molar-refractivity contribution in [2.45, 2.75) is 142 Å². The fourth-order valence-corrected chi connectivity index (χ4v) is 6.49. The SMILES string of the molecule is CCCCCCCCCCCCOc1cc(OCCCCCCCCCCCC)cc(C(=O)NCCOCCOCCOCCOCCOCCOCCOCCOCCN)c1. The van der Waals surface area contributed by atoms with Gasteiger partial charge < -0.3 is 58.4 Å². The van der Waals surface area contributed by atoms with Gasteiger partial charge in [-0.05, 0) is 25.0 Å². The van der Waals surface area contributed by atoms with E-state index < -0.39 is 0 Å². The van der Waals surface area contributed by atoms with Gasteiger partial charge in [0.1, 0.15) is 11.5 Å². The van der Waals surface area contributed by atoms with Crippen LogP contribution in [0.1, 0.15) is 153 Å². The molecule has 3 N–H and O–H groups in total. The third-order valence-corrected chi connectivity index (χ3v) is 10.1. The number of nitrogens with one attached hydrogen (secondary N) is 1. The van der Waals surface area contributed by atoms with Crippen LogP contribution in [0.2, 0.25) is 0 Å². The van der Waals surface area contributed by atoms with Crippen molar-refractivity contribution >= 4 is 5.91 Å². The summed E-state index contributed by atoms with van der Waals surface area (Å²) in [5, 5.41) is 2.97. The second-order valence-corrected chi connectivity index (χ2v) is 15.7. The first-order chi connectivity index (χ1) is 30.7. The minimum absolute atomic E-state index is 0.171. The Morgan fingerprint density at radius 3 is 1.00 bits per heavy atom. The smallest absolute Gasteiger partial charge is 0.251 e. The Kier molecular flexibility index (Phi) is 45.2. The highest BCUT2D eigenvalue weighted by molar-refractivity contribution is 5.95. The minimum atomic E-state index is -0.171. The highest BCUT2D eigenvalue weighted by Crippen LogP contribution is 2.24. The molecule has 1 amide bonds. The Morgan fingerprint density at radius 2 is 0.677 bits per heavy atom. The number of carbonyl (C=O) groups is 1. The molecule has 1 rings (SSSR count). The number of carbonyl (C=O) groups excluding carboxylic acids is 1. The van der Waals surface area contributed by atoms with E-state index in [9.17, 15) is 4.79 Å². The van der Waals surface area contributed by atoms with Crippen molar-refractivity contribution in [2.75, 3.05) is 132 Å². The molecule has 0 bridgehead atoms. The molecule has 13 heteroatoms. The van der Waals surface area contributed by atoms with Crippen molar-refractivity contribution in [3.63, 3.8) is 0 Å². The first-order valence-corrected chi connectivity index (χ1v) is 24.7. The van der Waals surface area contributed by atoms with Crippen molar-refractivity contribution in [1.82, 2.24) is 5.32 Å². The quantitative estimate of drug-likeness (QED) is 0.0602. The van der Waals surface area contributed by atoms with Gasteiger partial charge in [-0.2, -0.15) is 0 Å². The first kappa shape index (κ1) is 57.9. The van der Waals surface area contributed by atoms with Crippen molar-refractivity contribution in [3.8, 4) is 11.5 Å². The number of hydrogen-bond donors (Lipinski definition) is 2. The molecule has 1 aromatic rings. The zero-order chi connectivity index (χ0) is 44.5. The maximum atomic E-state index is 13.2. The van der Waals surface area contributed by atoms with Gasteiger partial charge in [0, 0.05) is 24.7 Å². The van der Waals surface area contributed by atoms with E-state index in [1.54, 1.807) is 0 Å². The van der Waals surface area contributed by atoms with Gasteiger partial charge in [-0.3, -0.25) is 4.79 Å². The van der Waals surface area contributed by atoms with E-state index in [-0.39, 0.29) is 5.91 Å². The Hall–Kier alpha value is -2.07. The van der Waals surface area contributed by atoms with Crippen molar-refractivity contribution in [3.05, 3.63) is 23.8 Å². The van der Waals surface area contributed by atoms with E-state index in [1.807, 2.05) is 18.2 Å². The molecule has 0 spiro atoms. The molecule has 0 saturated heterocycles. The van der Waals surface area contributed by atoms with E-state index in [0.29, 0.717) is 149 Å². The van der Waals surface area contributed by atoms with Crippen LogP contribution in [-0.2, 0) is 37.9 Å². The summed E-state index contributed by atoms with van der Waals surface area (Å²) in [5.41, 5.74) is 5.89. The number of benzene rings is 1. The van der Waals surface area contributed by atoms with Crippen LogP contribution in [0.5, 0.6) is 11.5 Å². The molecule has 0 atom stereocenters. The Morgan fingerprint density at radius 1 is 0.387 bits per heavy atom. The van der Waals surface area contributed by atoms with Crippen LogP contribution in [0, 0.1) is 0 Å². The summed E-state index contributed by atoms with van der Waals surface area (Å²) >= 11 is 0. The Balaban J connectivity index is 2.17. The number of unbranched alkanes of at least 4 members (excludes halogenated alkanes) is 18. The van der Waals surface area contributed by atoms with Gasteiger partial charge in [0.15, 0.2) is 0 Å². The van der Waals surface area contributed by atoms with E-state index in [1.165, 1.54) is 103 Å². The molecule has 364 valence electrons. The lowest BCUT2D eigenvalue weighted by molar-refractivity contribution is -0.0228. The molecule has 0 heterocycles. The summed E-state index contributed by atoms with van der Waals surface area (Å²) in [6.07, 6.45) is 25.6. The maximum absolute atomic E-state index is 13.2. The van der Waals surface area contributed by atoms with Crippen LogP contribution >= 0.6 is 0 Å². The molecular formula is C49H92N2O11. The fourth-order valence-electron chi connectivity index (χ4n) is 6.49. The molecule has 0 saturated carbocycles. The van der Waals surface area contributed by atoms with Gasteiger partial charge in [-0.1, -0.05) is 129 Å². The zero-order valence-electron chi connectivity index (χ0n) is 39.6. The minimum Gasteiger partial charge on any atom is -0.493 e. The molecule has 13 nitrogen and oxygen atoms in total.